The number of allylic oxidation sites excluding steroid dienone is 2. The van der Waals surface area contributed by atoms with Crippen molar-refractivity contribution >= 4 is 20.2 Å². The predicted molar refractivity (Wildman–Crippen MR) is 146 cm³/mol. The predicted octanol–water partition coefficient (Wildman–Crippen LogP) is 5.86. The van der Waals surface area contributed by atoms with Gasteiger partial charge in [0.2, 0.25) is 11.6 Å². The highest BCUT2D eigenvalue weighted by atomic mass is 28.4. The maximum atomic E-state index is 13.3. The molecule has 6 atom stereocenters. The van der Waals surface area contributed by atoms with E-state index in [1.54, 1.807) is 25.1 Å². The van der Waals surface area contributed by atoms with Gasteiger partial charge in [-0.05, 0) is 82.2 Å². The van der Waals surface area contributed by atoms with Crippen molar-refractivity contribution < 1.29 is 28.2 Å². The average Bonchev–Trinajstić information content (AvgIpc) is 3.16. The first-order valence-corrected chi connectivity index (χ1v) is 16.7. The highest BCUT2D eigenvalue weighted by Gasteiger charge is 2.70. The molecule has 1 saturated carbocycles. The largest absolute Gasteiger partial charge is 0.444 e. The zero-order chi connectivity index (χ0) is 27.6. The minimum absolute atomic E-state index is 0.00672. The molecule has 0 aromatic rings. The fourth-order valence-electron chi connectivity index (χ4n) is 6.47. The summed E-state index contributed by atoms with van der Waals surface area (Å²) in [5, 5.41) is -0.00672. The first-order valence-electron chi connectivity index (χ1n) is 13.8. The molecule has 0 aromatic carbocycles. The standard InChI is InChI=1S/C29H47NO6Si/c1-26(2,3)35-25(32)30(7)18-17-28(36-37(9,10)27(4,5)6)16-15-19-11-12-20-13-14-21(31)29(33-8)23(20)22(19)24(28)34-29/h12-14,19,22-24H,11,15-18H2,1-10H3/t19-,22+,23-,24-,28-,29+/m0/s1. The molecule has 1 heterocycles. The summed E-state index contributed by atoms with van der Waals surface area (Å²) in [5.41, 5.74) is -0.0582. The topological polar surface area (TPSA) is 74.3 Å². The molecule has 0 radical (unpaired) electrons. The molecule has 0 bridgehead atoms. The lowest BCUT2D eigenvalue weighted by atomic mass is 9.58. The van der Waals surface area contributed by atoms with Crippen LogP contribution in [-0.4, -0.2) is 68.9 Å². The number of hydrogen-bond donors (Lipinski definition) is 0. The van der Waals surface area contributed by atoms with Gasteiger partial charge in [0.05, 0.1) is 17.6 Å². The van der Waals surface area contributed by atoms with E-state index in [4.69, 9.17) is 18.6 Å². The monoisotopic (exact) mass is 533 g/mol. The third-order valence-electron chi connectivity index (χ3n) is 9.38. The maximum Gasteiger partial charge on any atom is 0.410 e. The van der Waals surface area contributed by atoms with Crippen LogP contribution in [0.15, 0.2) is 23.8 Å². The minimum atomic E-state index is -2.25. The van der Waals surface area contributed by atoms with Crippen LogP contribution < -0.4 is 0 Å². The number of hydrogen-bond acceptors (Lipinski definition) is 6. The highest BCUT2D eigenvalue weighted by Crippen LogP contribution is 2.62. The van der Waals surface area contributed by atoms with E-state index in [0.717, 1.165) is 24.8 Å². The van der Waals surface area contributed by atoms with Gasteiger partial charge < -0.3 is 23.5 Å². The normalized spacial score (nSPS) is 35.2. The second-order valence-corrected chi connectivity index (χ2v) is 18.7. The van der Waals surface area contributed by atoms with Gasteiger partial charge in [-0.2, -0.15) is 0 Å². The average molecular weight is 534 g/mol. The van der Waals surface area contributed by atoms with E-state index in [9.17, 15) is 9.59 Å². The van der Waals surface area contributed by atoms with Crippen LogP contribution in [0.25, 0.3) is 0 Å². The molecule has 7 nitrogen and oxygen atoms in total. The number of amides is 1. The molecule has 0 N–H and O–H groups in total. The van der Waals surface area contributed by atoms with Crippen LogP contribution in [-0.2, 0) is 23.4 Å². The third-order valence-corrected chi connectivity index (χ3v) is 13.9. The highest BCUT2D eigenvalue weighted by molar-refractivity contribution is 6.74. The van der Waals surface area contributed by atoms with E-state index < -0.39 is 25.3 Å². The van der Waals surface area contributed by atoms with Gasteiger partial charge in [0.1, 0.15) is 5.60 Å². The summed E-state index contributed by atoms with van der Waals surface area (Å²) in [6.45, 7) is 17.4. The van der Waals surface area contributed by atoms with Gasteiger partial charge in [0.15, 0.2) is 8.32 Å². The molecule has 208 valence electrons. The van der Waals surface area contributed by atoms with Crippen molar-refractivity contribution in [3.8, 4) is 0 Å². The van der Waals surface area contributed by atoms with Gasteiger partial charge in [0, 0.05) is 26.6 Å². The summed E-state index contributed by atoms with van der Waals surface area (Å²) < 4.78 is 25.8. The molecule has 1 saturated heterocycles. The Kier molecular flexibility index (Phi) is 7.18. The second kappa shape index (κ2) is 9.32. The zero-order valence-corrected chi connectivity index (χ0v) is 25.5. The Labute approximate surface area is 224 Å². The Balaban J connectivity index is 1.72. The summed E-state index contributed by atoms with van der Waals surface area (Å²) >= 11 is 0. The van der Waals surface area contributed by atoms with Gasteiger partial charge in [-0.3, -0.25) is 4.79 Å². The summed E-state index contributed by atoms with van der Waals surface area (Å²) in [7, 11) is 1.11. The quantitative estimate of drug-likeness (QED) is 0.398. The van der Waals surface area contributed by atoms with Crippen LogP contribution in [0.1, 0.15) is 67.2 Å². The Morgan fingerprint density at radius 2 is 1.86 bits per heavy atom. The van der Waals surface area contributed by atoms with Crippen molar-refractivity contribution in [2.75, 3.05) is 20.7 Å². The molecule has 0 unspecified atom stereocenters. The van der Waals surface area contributed by atoms with E-state index in [1.165, 1.54) is 0 Å². The van der Waals surface area contributed by atoms with Crippen LogP contribution >= 0.6 is 0 Å². The maximum absolute atomic E-state index is 13.3. The molecular weight excluding hydrogens is 486 g/mol. The number of ether oxygens (including phenoxy) is 3. The van der Waals surface area contributed by atoms with Gasteiger partial charge in [0.25, 0.3) is 0 Å². The van der Waals surface area contributed by atoms with E-state index >= 15 is 0 Å². The number of carbonyl (C=O) groups excluding carboxylic acids is 2. The number of carbonyl (C=O) groups is 2. The summed E-state index contributed by atoms with van der Waals surface area (Å²) in [6.07, 6.45) is 8.58. The van der Waals surface area contributed by atoms with Gasteiger partial charge in [-0.15, -0.1) is 0 Å². The molecular formula is C29H47NO6Si. The molecule has 2 fully saturated rings. The van der Waals surface area contributed by atoms with Crippen molar-refractivity contribution in [2.45, 2.75) is 108 Å². The Morgan fingerprint density at radius 1 is 1.19 bits per heavy atom. The Morgan fingerprint density at radius 3 is 2.46 bits per heavy atom. The first-order chi connectivity index (χ1) is 17.0. The van der Waals surface area contributed by atoms with Crippen molar-refractivity contribution in [3.63, 3.8) is 0 Å². The molecule has 1 aliphatic heterocycles. The first kappa shape index (κ1) is 28.5. The Hall–Kier alpha value is -1.48. The van der Waals surface area contributed by atoms with Crippen molar-refractivity contribution in [3.05, 3.63) is 23.8 Å². The summed E-state index contributed by atoms with van der Waals surface area (Å²) in [6, 6.07) is 0. The molecule has 1 amide bonds. The van der Waals surface area contributed by atoms with Crippen molar-refractivity contribution in [1.29, 1.82) is 0 Å². The Bertz CT molecular complexity index is 991. The number of rotatable bonds is 6. The SMILES string of the molecule is CO[C@@]12O[C@H]3[C@@H]4[C@@H](CC=C(C=CC1=O)[C@@H]42)CC[C@@]3(CCN(C)C(=O)OC(C)(C)C)O[Si](C)(C)C(C)(C)C. The van der Waals surface area contributed by atoms with E-state index in [0.29, 0.717) is 18.9 Å². The lowest BCUT2D eigenvalue weighted by Gasteiger charge is -2.54. The lowest BCUT2D eigenvalue weighted by molar-refractivity contribution is -0.239. The van der Waals surface area contributed by atoms with Crippen LogP contribution in [0.4, 0.5) is 4.79 Å². The van der Waals surface area contributed by atoms with Crippen LogP contribution in [0.2, 0.25) is 18.1 Å². The van der Waals surface area contributed by atoms with Gasteiger partial charge in [-0.1, -0.05) is 32.9 Å². The molecule has 0 aromatic heterocycles. The smallest absolute Gasteiger partial charge is 0.410 e. The zero-order valence-electron chi connectivity index (χ0n) is 24.5. The van der Waals surface area contributed by atoms with Crippen molar-refractivity contribution in [1.82, 2.24) is 4.90 Å². The van der Waals surface area contributed by atoms with Gasteiger partial charge in [-0.25, -0.2) is 4.79 Å². The van der Waals surface area contributed by atoms with E-state index in [-0.39, 0.29) is 34.9 Å². The fraction of sp³-hybridized carbons (Fsp3) is 0.793. The number of nitrogens with zero attached hydrogens (tertiary/aromatic N) is 1. The lowest BCUT2D eigenvalue weighted by Crippen LogP contribution is -2.61. The minimum Gasteiger partial charge on any atom is -0.444 e. The van der Waals surface area contributed by atoms with Crippen molar-refractivity contribution in [2.24, 2.45) is 17.8 Å². The number of ketones is 1. The second-order valence-electron chi connectivity index (χ2n) is 14.0. The van der Waals surface area contributed by atoms with E-state index in [1.807, 2.05) is 26.8 Å². The molecule has 4 rings (SSSR count). The molecule has 4 aliphatic rings. The third kappa shape index (κ3) is 4.88. The van der Waals surface area contributed by atoms with Crippen LogP contribution in [0, 0.1) is 17.8 Å². The number of methoxy groups -OCH3 is 1. The van der Waals surface area contributed by atoms with Gasteiger partial charge >= 0.3 is 6.09 Å². The molecule has 8 heteroatoms. The fourth-order valence-corrected chi connectivity index (χ4v) is 8.11. The van der Waals surface area contributed by atoms with Crippen LogP contribution in [0.5, 0.6) is 0 Å². The van der Waals surface area contributed by atoms with Crippen LogP contribution in [0.3, 0.4) is 0 Å². The van der Waals surface area contributed by atoms with E-state index in [2.05, 4.69) is 39.9 Å². The summed E-state index contributed by atoms with van der Waals surface area (Å²) in [4.78, 5) is 27.8. The molecule has 3 aliphatic carbocycles. The molecule has 0 spiro atoms. The molecule has 37 heavy (non-hydrogen) atoms. The summed E-state index contributed by atoms with van der Waals surface area (Å²) in [5.74, 6) is -1.03.